The van der Waals surface area contributed by atoms with Crippen molar-refractivity contribution in [3.63, 3.8) is 0 Å². The maximum Gasteiger partial charge on any atom is 0.325 e. The number of nitrogens with two attached hydrogens (primary N) is 1. The van der Waals surface area contributed by atoms with Crippen LogP contribution in [0.1, 0.15) is 22.5 Å². The molecule has 2 heterocycles. The predicted molar refractivity (Wildman–Crippen MR) is 58.4 cm³/mol. The Morgan fingerprint density at radius 2 is 2.35 bits per heavy atom. The topological polar surface area (TPSA) is 112 Å². The molecule has 0 radical (unpaired) electrons. The van der Waals surface area contributed by atoms with Gasteiger partial charge in [-0.2, -0.15) is 5.10 Å². The molecule has 0 aromatic carbocycles. The van der Waals surface area contributed by atoms with Crippen molar-refractivity contribution >= 4 is 11.9 Å². The number of rotatable bonds is 2. The fraction of sp³-hybridized carbons (Fsp3) is 0.500. The van der Waals surface area contributed by atoms with Gasteiger partial charge in [0.2, 0.25) is 0 Å². The Hall–Kier alpha value is -1.89. The van der Waals surface area contributed by atoms with Crippen molar-refractivity contribution in [1.29, 1.82) is 0 Å². The minimum Gasteiger partial charge on any atom is -0.480 e. The van der Waals surface area contributed by atoms with Gasteiger partial charge in [0.05, 0.1) is 11.8 Å². The number of hydrogen-bond donors (Lipinski definition) is 3. The van der Waals surface area contributed by atoms with E-state index in [2.05, 4.69) is 10.2 Å². The standard InChI is InChI=1S/C10H14N4O3/c1-6-7(4-12-13-6)8(15)14-3-2-10(11,5-14)9(16)17/h4H,2-3,5,11H2,1H3,(H,12,13)(H,16,17). The third kappa shape index (κ3) is 1.89. The van der Waals surface area contributed by atoms with Crippen LogP contribution in [0.25, 0.3) is 0 Å². The predicted octanol–water partition coefficient (Wildman–Crippen LogP) is -0.654. The average Bonchev–Trinajstić information content (AvgIpc) is 2.85. The number of nitrogens with zero attached hydrogens (tertiary/aromatic N) is 2. The van der Waals surface area contributed by atoms with E-state index in [1.165, 1.54) is 11.1 Å². The van der Waals surface area contributed by atoms with Gasteiger partial charge in [0, 0.05) is 18.8 Å². The zero-order valence-electron chi connectivity index (χ0n) is 9.43. The van der Waals surface area contributed by atoms with Gasteiger partial charge in [0.1, 0.15) is 5.54 Å². The molecule has 0 bridgehead atoms. The lowest BCUT2D eigenvalue weighted by Gasteiger charge is -2.19. The molecule has 1 aromatic rings. The van der Waals surface area contributed by atoms with Crippen LogP contribution in [0.3, 0.4) is 0 Å². The van der Waals surface area contributed by atoms with Crippen LogP contribution < -0.4 is 5.73 Å². The minimum atomic E-state index is -1.33. The van der Waals surface area contributed by atoms with Crippen molar-refractivity contribution in [3.05, 3.63) is 17.5 Å². The second kappa shape index (κ2) is 3.85. The number of carboxylic acid groups (broad SMARTS) is 1. The zero-order valence-corrected chi connectivity index (χ0v) is 9.43. The van der Waals surface area contributed by atoms with Gasteiger partial charge in [-0.15, -0.1) is 0 Å². The molecule has 7 heteroatoms. The fourth-order valence-electron chi connectivity index (χ4n) is 1.92. The Morgan fingerprint density at radius 1 is 1.65 bits per heavy atom. The van der Waals surface area contributed by atoms with Gasteiger partial charge >= 0.3 is 5.97 Å². The molecule has 1 aliphatic heterocycles. The molecule has 0 saturated carbocycles. The lowest BCUT2D eigenvalue weighted by Crippen LogP contribution is -2.50. The summed E-state index contributed by atoms with van der Waals surface area (Å²) in [6.45, 7) is 2.13. The average molecular weight is 238 g/mol. The molecule has 1 atom stereocenters. The summed E-state index contributed by atoms with van der Waals surface area (Å²) in [6.07, 6.45) is 1.71. The molecule has 0 spiro atoms. The highest BCUT2D eigenvalue weighted by Crippen LogP contribution is 2.21. The van der Waals surface area contributed by atoms with Gasteiger partial charge in [-0.3, -0.25) is 14.7 Å². The summed E-state index contributed by atoms with van der Waals surface area (Å²) in [5, 5.41) is 15.4. The van der Waals surface area contributed by atoms with Gasteiger partial charge in [-0.1, -0.05) is 0 Å². The minimum absolute atomic E-state index is 0.0335. The van der Waals surface area contributed by atoms with E-state index in [0.717, 1.165) is 0 Å². The molecule has 1 unspecified atom stereocenters. The Bertz CT molecular complexity index is 470. The normalized spacial score (nSPS) is 24.0. The number of aryl methyl sites for hydroxylation is 1. The molecule has 1 aromatic heterocycles. The molecule has 1 fully saturated rings. The van der Waals surface area contributed by atoms with Crippen LogP contribution >= 0.6 is 0 Å². The van der Waals surface area contributed by atoms with E-state index in [-0.39, 0.29) is 18.9 Å². The van der Waals surface area contributed by atoms with E-state index in [1.54, 1.807) is 6.92 Å². The maximum atomic E-state index is 12.1. The van der Waals surface area contributed by atoms with Crippen molar-refractivity contribution < 1.29 is 14.7 Å². The van der Waals surface area contributed by atoms with Crippen LogP contribution in [0.15, 0.2) is 6.20 Å². The summed E-state index contributed by atoms with van der Waals surface area (Å²) in [4.78, 5) is 24.5. The summed E-state index contributed by atoms with van der Waals surface area (Å²) in [6, 6.07) is 0. The number of aromatic amines is 1. The monoisotopic (exact) mass is 238 g/mol. The number of likely N-dealkylation sites (tertiary alicyclic amines) is 1. The third-order valence-corrected chi connectivity index (χ3v) is 3.07. The summed E-state index contributed by atoms with van der Waals surface area (Å²) in [7, 11) is 0. The molecular weight excluding hydrogens is 224 g/mol. The number of hydrogen-bond acceptors (Lipinski definition) is 4. The molecule has 7 nitrogen and oxygen atoms in total. The molecule has 2 rings (SSSR count). The Balaban J connectivity index is 2.15. The highest BCUT2D eigenvalue weighted by atomic mass is 16.4. The van der Waals surface area contributed by atoms with E-state index in [4.69, 9.17) is 10.8 Å². The summed E-state index contributed by atoms with van der Waals surface area (Å²) >= 11 is 0. The van der Waals surface area contributed by atoms with Crippen LogP contribution in [0.2, 0.25) is 0 Å². The molecule has 4 N–H and O–H groups in total. The van der Waals surface area contributed by atoms with Gasteiger partial charge in [0.15, 0.2) is 0 Å². The lowest BCUT2D eigenvalue weighted by molar-refractivity contribution is -0.142. The Kier molecular flexibility index (Phi) is 2.62. The first-order valence-electron chi connectivity index (χ1n) is 5.25. The van der Waals surface area contributed by atoms with Gasteiger partial charge in [-0.25, -0.2) is 0 Å². The number of nitrogens with one attached hydrogen (secondary N) is 1. The second-order valence-electron chi connectivity index (χ2n) is 4.35. The molecule has 1 saturated heterocycles. The fourth-order valence-corrected chi connectivity index (χ4v) is 1.92. The highest BCUT2D eigenvalue weighted by molar-refractivity contribution is 5.96. The molecule has 92 valence electrons. The molecule has 1 aliphatic rings. The first-order chi connectivity index (χ1) is 7.94. The van der Waals surface area contributed by atoms with E-state index in [9.17, 15) is 9.59 Å². The molecule has 1 amide bonds. The van der Waals surface area contributed by atoms with E-state index < -0.39 is 11.5 Å². The quantitative estimate of drug-likeness (QED) is 0.633. The van der Waals surface area contributed by atoms with Crippen LogP contribution in [0.5, 0.6) is 0 Å². The number of carbonyl (C=O) groups is 2. The maximum absolute atomic E-state index is 12.1. The molecular formula is C10H14N4O3. The SMILES string of the molecule is Cc1[nH]ncc1C(=O)N1CCC(N)(C(=O)O)C1. The largest absolute Gasteiger partial charge is 0.480 e. The van der Waals surface area contributed by atoms with Crippen molar-refractivity contribution in [3.8, 4) is 0 Å². The summed E-state index contributed by atoms with van der Waals surface area (Å²) < 4.78 is 0. The first kappa shape index (κ1) is 11.6. The smallest absolute Gasteiger partial charge is 0.325 e. The Labute approximate surface area is 97.6 Å². The highest BCUT2D eigenvalue weighted by Gasteiger charge is 2.43. The number of aliphatic carboxylic acids is 1. The number of aromatic nitrogens is 2. The van der Waals surface area contributed by atoms with E-state index in [0.29, 0.717) is 17.8 Å². The van der Waals surface area contributed by atoms with Gasteiger partial charge in [0.25, 0.3) is 5.91 Å². The number of H-pyrrole nitrogens is 1. The number of amides is 1. The van der Waals surface area contributed by atoms with Crippen molar-refractivity contribution in [2.45, 2.75) is 18.9 Å². The lowest BCUT2D eigenvalue weighted by atomic mass is 10.0. The van der Waals surface area contributed by atoms with Gasteiger partial charge in [-0.05, 0) is 13.3 Å². The van der Waals surface area contributed by atoms with Crippen LogP contribution in [-0.2, 0) is 4.79 Å². The number of carbonyl (C=O) groups excluding carboxylic acids is 1. The molecule has 17 heavy (non-hydrogen) atoms. The molecule has 0 aliphatic carbocycles. The third-order valence-electron chi connectivity index (χ3n) is 3.07. The van der Waals surface area contributed by atoms with Crippen molar-refractivity contribution in [2.75, 3.05) is 13.1 Å². The second-order valence-corrected chi connectivity index (χ2v) is 4.35. The van der Waals surface area contributed by atoms with Crippen molar-refractivity contribution in [2.24, 2.45) is 5.73 Å². The zero-order chi connectivity index (χ0) is 12.6. The van der Waals surface area contributed by atoms with Crippen LogP contribution in [-0.4, -0.2) is 50.7 Å². The van der Waals surface area contributed by atoms with E-state index in [1.807, 2.05) is 0 Å². The van der Waals surface area contributed by atoms with E-state index >= 15 is 0 Å². The Morgan fingerprint density at radius 3 is 2.82 bits per heavy atom. The summed E-state index contributed by atoms with van der Waals surface area (Å²) in [5.41, 5.74) is 5.50. The van der Waals surface area contributed by atoms with Crippen LogP contribution in [0, 0.1) is 6.92 Å². The van der Waals surface area contributed by atoms with Gasteiger partial charge < -0.3 is 15.7 Å². The summed E-state index contributed by atoms with van der Waals surface area (Å²) in [5.74, 6) is -1.30. The number of carboxylic acids is 1. The van der Waals surface area contributed by atoms with Crippen LogP contribution in [0.4, 0.5) is 0 Å². The first-order valence-corrected chi connectivity index (χ1v) is 5.25. The van der Waals surface area contributed by atoms with Crippen molar-refractivity contribution in [1.82, 2.24) is 15.1 Å².